The molecule has 0 amide bonds. The Kier molecular flexibility index (Phi) is 4.38. The maximum atomic E-state index is 11.7. The molecule has 1 unspecified atom stereocenters. The summed E-state index contributed by atoms with van der Waals surface area (Å²) in [6.45, 7) is 0. The van der Waals surface area contributed by atoms with Crippen LogP contribution in [-0.4, -0.2) is 64.1 Å². The number of nitrogens with one attached hydrogen (secondary N) is 2. The number of fused-ring (bicyclic) bond motifs is 1. The van der Waals surface area contributed by atoms with Crippen LogP contribution in [0.4, 0.5) is 0 Å². The Labute approximate surface area is 137 Å². The Bertz CT molecular complexity index is 946. The van der Waals surface area contributed by atoms with E-state index in [-0.39, 0.29) is 11.2 Å². The van der Waals surface area contributed by atoms with Crippen molar-refractivity contribution in [1.82, 2.24) is 19.5 Å². The molecule has 3 heterocycles. The zero-order chi connectivity index (χ0) is 18.5. The van der Waals surface area contributed by atoms with Gasteiger partial charge in [-0.3, -0.25) is 23.9 Å². The summed E-state index contributed by atoms with van der Waals surface area (Å²) in [7, 11) is -4.96. The molecule has 2 aromatic heterocycles. The summed E-state index contributed by atoms with van der Waals surface area (Å²) in [6.07, 6.45) is -6.82. The number of nitrogens with zero attached hydrogens (tertiary/aromatic N) is 2. The normalized spacial score (nSPS) is 28.5. The van der Waals surface area contributed by atoms with Crippen LogP contribution in [0.5, 0.6) is 0 Å². The predicted octanol–water partition coefficient (Wildman–Crippen LogP) is -3.57. The molecule has 0 bridgehead atoms. The van der Waals surface area contributed by atoms with Gasteiger partial charge in [0.25, 0.3) is 5.56 Å². The number of phosphoric acid groups is 1. The molecular weight excluding hydrogens is 365 g/mol. The van der Waals surface area contributed by atoms with Gasteiger partial charge < -0.3 is 30.5 Å². The SMILES string of the molecule is NC(OP(=O)(O)O)[C@H]1O[C@@H](n2cnc3c(=O)[nH]c(=O)[nH]c32)[C@H](O)[C@@H]1O. The zero-order valence-electron chi connectivity index (χ0n) is 12.2. The third-order valence-electron chi connectivity index (χ3n) is 3.60. The number of H-pyrrole nitrogens is 2. The first-order valence-electron chi connectivity index (χ1n) is 6.79. The fourth-order valence-electron chi connectivity index (χ4n) is 2.55. The van der Waals surface area contributed by atoms with E-state index in [1.807, 2.05) is 4.98 Å². The average molecular weight is 379 g/mol. The van der Waals surface area contributed by atoms with Crippen molar-refractivity contribution in [3.05, 3.63) is 27.2 Å². The Balaban J connectivity index is 1.95. The second kappa shape index (κ2) is 6.12. The Morgan fingerprint density at radius 2 is 2.00 bits per heavy atom. The average Bonchev–Trinajstić information content (AvgIpc) is 3.00. The lowest BCUT2D eigenvalue weighted by Gasteiger charge is -2.22. The van der Waals surface area contributed by atoms with Crippen LogP contribution in [0.3, 0.4) is 0 Å². The molecule has 0 aromatic carbocycles. The highest BCUT2D eigenvalue weighted by atomic mass is 31.2. The van der Waals surface area contributed by atoms with Gasteiger partial charge in [-0.15, -0.1) is 0 Å². The molecule has 25 heavy (non-hydrogen) atoms. The van der Waals surface area contributed by atoms with Crippen LogP contribution in [0.15, 0.2) is 15.9 Å². The monoisotopic (exact) mass is 379 g/mol. The van der Waals surface area contributed by atoms with E-state index in [9.17, 15) is 24.4 Å². The maximum absolute atomic E-state index is 11.7. The number of aromatic amines is 2. The molecule has 0 spiro atoms. The van der Waals surface area contributed by atoms with Gasteiger partial charge in [0.1, 0.15) is 30.2 Å². The van der Waals surface area contributed by atoms with Crippen molar-refractivity contribution < 1.29 is 33.8 Å². The number of hydrogen-bond acceptors (Lipinski definition) is 9. The second-order valence-electron chi connectivity index (χ2n) is 5.29. The second-order valence-corrected chi connectivity index (χ2v) is 6.48. The minimum atomic E-state index is -4.96. The maximum Gasteiger partial charge on any atom is 0.471 e. The largest absolute Gasteiger partial charge is 0.471 e. The van der Waals surface area contributed by atoms with Gasteiger partial charge in [0, 0.05) is 0 Å². The van der Waals surface area contributed by atoms with Crippen molar-refractivity contribution in [2.45, 2.75) is 30.8 Å². The highest BCUT2D eigenvalue weighted by Crippen LogP contribution is 2.40. The molecule has 0 aliphatic carbocycles. The third kappa shape index (κ3) is 3.29. The zero-order valence-corrected chi connectivity index (χ0v) is 13.1. The highest BCUT2D eigenvalue weighted by molar-refractivity contribution is 7.46. The van der Waals surface area contributed by atoms with Gasteiger partial charge in [0.2, 0.25) is 0 Å². The van der Waals surface area contributed by atoms with Crippen LogP contribution >= 0.6 is 7.82 Å². The van der Waals surface area contributed by atoms with E-state index in [1.165, 1.54) is 0 Å². The van der Waals surface area contributed by atoms with Gasteiger partial charge >= 0.3 is 13.5 Å². The molecule has 15 heteroatoms. The molecule has 1 aliphatic rings. The van der Waals surface area contributed by atoms with E-state index in [4.69, 9.17) is 20.3 Å². The Morgan fingerprint density at radius 1 is 1.32 bits per heavy atom. The molecule has 0 radical (unpaired) electrons. The summed E-state index contributed by atoms with van der Waals surface area (Å²) < 4.78 is 21.5. The third-order valence-corrected chi connectivity index (χ3v) is 4.12. The highest BCUT2D eigenvalue weighted by Gasteiger charge is 2.48. The summed E-state index contributed by atoms with van der Waals surface area (Å²) in [5.41, 5.74) is 3.61. The van der Waals surface area contributed by atoms with Crippen molar-refractivity contribution in [2.75, 3.05) is 0 Å². The van der Waals surface area contributed by atoms with E-state index in [0.29, 0.717) is 0 Å². The number of imidazole rings is 1. The minimum Gasteiger partial charge on any atom is -0.387 e. The molecule has 1 aliphatic heterocycles. The summed E-state index contributed by atoms with van der Waals surface area (Å²) in [5, 5.41) is 20.2. The Morgan fingerprint density at radius 3 is 2.64 bits per heavy atom. The number of aromatic nitrogens is 4. The number of aliphatic hydroxyl groups excluding tert-OH is 2. The summed E-state index contributed by atoms with van der Waals surface area (Å²) >= 11 is 0. The van der Waals surface area contributed by atoms with Crippen LogP contribution in [-0.2, 0) is 13.8 Å². The number of nitrogens with two attached hydrogens (primary N) is 1. The molecule has 8 N–H and O–H groups in total. The molecule has 1 saturated heterocycles. The number of rotatable bonds is 4. The van der Waals surface area contributed by atoms with Crippen LogP contribution < -0.4 is 17.0 Å². The van der Waals surface area contributed by atoms with Gasteiger partial charge in [0.15, 0.2) is 11.7 Å². The topological polar surface area (TPSA) is 226 Å². The van der Waals surface area contributed by atoms with Crippen molar-refractivity contribution in [2.24, 2.45) is 5.73 Å². The molecule has 2 aromatic rings. The van der Waals surface area contributed by atoms with Crippen LogP contribution in [0.1, 0.15) is 6.23 Å². The number of aliphatic hydroxyl groups is 2. The minimum absolute atomic E-state index is 0.0878. The predicted molar refractivity (Wildman–Crippen MR) is 78.0 cm³/mol. The van der Waals surface area contributed by atoms with Crippen molar-refractivity contribution >= 4 is 19.0 Å². The smallest absolute Gasteiger partial charge is 0.387 e. The summed E-state index contributed by atoms with van der Waals surface area (Å²) in [4.78, 5) is 48.7. The van der Waals surface area contributed by atoms with Gasteiger partial charge in [-0.05, 0) is 0 Å². The van der Waals surface area contributed by atoms with Crippen LogP contribution in [0.25, 0.3) is 11.2 Å². The fraction of sp³-hybridized carbons (Fsp3) is 0.500. The summed E-state index contributed by atoms with van der Waals surface area (Å²) in [6, 6.07) is 0. The van der Waals surface area contributed by atoms with E-state index < -0.39 is 49.8 Å². The molecule has 1 fully saturated rings. The lowest BCUT2D eigenvalue weighted by atomic mass is 10.1. The number of ether oxygens (including phenoxy) is 1. The van der Waals surface area contributed by atoms with E-state index in [1.54, 1.807) is 0 Å². The first-order valence-corrected chi connectivity index (χ1v) is 8.32. The molecule has 0 saturated carbocycles. The standard InChI is InChI=1S/C10H14N5O9P/c11-6(24-25(20,21)22)5-3(16)4(17)9(23-5)15-1-12-2-7(15)13-10(19)14-8(2)18/h1,3-6,9,16-17H,11H2,(H2,20,21,22)(H2,13,14,18,19)/t3-,4+,5-,6?,9+/m0/s1. The fourth-order valence-corrected chi connectivity index (χ4v) is 2.99. The molecular formula is C10H14N5O9P. The molecule has 3 rings (SSSR count). The van der Waals surface area contributed by atoms with E-state index in [2.05, 4.69) is 14.5 Å². The van der Waals surface area contributed by atoms with Crippen LogP contribution in [0, 0.1) is 0 Å². The first kappa shape index (κ1) is 17.9. The van der Waals surface area contributed by atoms with E-state index >= 15 is 0 Å². The lowest BCUT2D eigenvalue weighted by Crippen LogP contribution is -2.44. The quantitative estimate of drug-likeness (QED) is 0.203. The van der Waals surface area contributed by atoms with Gasteiger partial charge in [-0.2, -0.15) is 0 Å². The number of phosphoric ester groups is 1. The van der Waals surface area contributed by atoms with Gasteiger partial charge in [-0.1, -0.05) is 0 Å². The van der Waals surface area contributed by atoms with Crippen LogP contribution in [0.2, 0.25) is 0 Å². The van der Waals surface area contributed by atoms with Crippen molar-refractivity contribution in [1.29, 1.82) is 0 Å². The van der Waals surface area contributed by atoms with E-state index in [0.717, 1.165) is 10.9 Å². The Hall–Kier alpha value is -1.90. The number of hydrogen-bond donors (Lipinski definition) is 7. The van der Waals surface area contributed by atoms with Gasteiger partial charge in [-0.25, -0.2) is 14.3 Å². The molecule has 14 nitrogen and oxygen atoms in total. The summed E-state index contributed by atoms with van der Waals surface area (Å²) in [5.74, 6) is 0. The first-order chi connectivity index (χ1) is 11.6. The van der Waals surface area contributed by atoms with Crippen molar-refractivity contribution in [3.63, 3.8) is 0 Å². The van der Waals surface area contributed by atoms with Crippen molar-refractivity contribution in [3.8, 4) is 0 Å². The molecule has 5 atom stereocenters. The lowest BCUT2D eigenvalue weighted by molar-refractivity contribution is -0.0791. The molecule has 138 valence electrons. The van der Waals surface area contributed by atoms with Gasteiger partial charge in [0.05, 0.1) is 6.33 Å².